The molecule has 1 unspecified atom stereocenters. The molecule has 2 aromatic rings. The van der Waals surface area contributed by atoms with E-state index in [1.54, 1.807) is 19.2 Å². The molecule has 0 saturated heterocycles. The maximum Gasteiger partial charge on any atom is 0.128 e. The summed E-state index contributed by atoms with van der Waals surface area (Å²) in [4.78, 5) is 0. The zero-order chi connectivity index (χ0) is 13.8. The van der Waals surface area contributed by atoms with Crippen molar-refractivity contribution in [3.8, 4) is 5.75 Å². The summed E-state index contributed by atoms with van der Waals surface area (Å²) in [5, 5.41) is 0. The van der Waals surface area contributed by atoms with Gasteiger partial charge in [-0.25, -0.2) is 4.39 Å². The first-order valence-electron chi connectivity index (χ1n) is 6.25. The molecule has 2 rings (SSSR count). The molecule has 0 saturated carbocycles. The highest BCUT2D eigenvalue weighted by atomic mass is 19.1. The number of benzene rings is 2. The third kappa shape index (κ3) is 3.12. The van der Waals surface area contributed by atoms with Gasteiger partial charge in [0.15, 0.2) is 0 Å². The second-order valence-electron chi connectivity index (χ2n) is 4.65. The van der Waals surface area contributed by atoms with Crippen LogP contribution in [0, 0.1) is 12.7 Å². The minimum absolute atomic E-state index is 0.256. The Bertz CT molecular complexity index is 568. The summed E-state index contributed by atoms with van der Waals surface area (Å²) in [6, 6.07) is 12.3. The van der Waals surface area contributed by atoms with Crippen LogP contribution in [0.1, 0.15) is 22.7 Å². The van der Waals surface area contributed by atoms with Gasteiger partial charge in [-0.05, 0) is 31.0 Å². The lowest BCUT2D eigenvalue weighted by Gasteiger charge is -2.15. The average Bonchev–Trinajstić information content (AvgIpc) is 2.42. The minimum Gasteiger partial charge on any atom is -0.496 e. The molecule has 1 atom stereocenters. The van der Waals surface area contributed by atoms with Gasteiger partial charge in [-0.3, -0.25) is 0 Å². The molecule has 0 radical (unpaired) electrons. The molecule has 0 aliphatic carbocycles. The Morgan fingerprint density at radius 3 is 2.68 bits per heavy atom. The lowest BCUT2D eigenvalue weighted by Crippen LogP contribution is -2.15. The van der Waals surface area contributed by atoms with Crippen molar-refractivity contribution in [3.05, 3.63) is 65.0 Å². The van der Waals surface area contributed by atoms with Crippen LogP contribution in [0.15, 0.2) is 42.5 Å². The van der Waals surface area contributed by atoms with Crippen LogP contribution in [-0.2, 0) is 6.42 Å². The summed E-state index contributed by atoms with van der Waals surface area (Å²) in [5.74, 6) is 0.527. The first-order valence-corrected chi connectivity index (χ1v) is 6.25. The van der Waals surface area contributed by atoms with Crippen molar-refractivity contribution in [2.45, 2.75) is 19.4 Å². The molecule has 2 N–H and O–H groups in total. The number of ether oxygens (including phenoxy) is 1. The van der Waals surface area contributed by atoms with Gasteiger partial charge >= 0.3 is 0 Å². The molecule has 0 aliphatic rings. The van der Waals surface area contributed by atoms with Gasteiger partial charge in [-0.2, -0.15) is 0 Å². The van der Waals surface area contributed by atoms with Gasteiger partial charge in [0.1, 0.15) is 11.6 Å². The molecule has 0 amide bonds. The van der Waals surface area contributed by atoms with Gasteiger partial charge in [0.25, 0.3) is 0 Å². The third-order valence-electron chi connectivity index (χ3n) is 3.18. The number of aryl methyl sites for hydroxylation is 1. The minimum atomic E-state index is -0.379. The van der Waals surface area contributed by atoms with Crippen molar-refractivity contribution in [2.75, 3.05) is 7.11 Å². The average molecular weight is 259 g/mol. The van der Waals surface area contributed by atoms with Gasteiger partial charge in [0.2, 0.25) is 0 Å². The fourth-order valence-electron chi connectivity index (χ4n) is 2.17. The third-order valence-corrected chi connectivity index (χ3v) is 3.18. The van der Waals surface area contributed by atoms with Crippen LogP contribution in [-0.4, -0.2) is 7.11 Å². The molecular weight excluding hydrogens is 241 g/mol. The van der Waals surface area contributed by atoms with Crippen LogP contribution in [0.3, 0.4) is 0 Å². The van der Waals surface area contributed by atoms with E-state index in [1.165, 1.54) is 6.07 Å². The molecule has 2 nitrogen and oxygen atoms in total. The number of rotatable bonds is 4. The summed E-state index contributed by atoms with van der Waals surface area (Å²) < 4.78 is 19.1. The van der Waals surface area contributed by atoms with E-state index in [0.717, 1.165) is 16.9 Å². The van der Waals surface area contributed by atoms with E-state index < -0.39 is 0 Å². The smallest absolute Gasteiger partial charge is 0.128 e. The van der Waals surface area contributed by atoms with E-state index in [-0.39, 0.29) is 11.9 Å². The van der Waals surface area contributed by atoms with Crippen LogP contribution < -0.4 is 10.5 Å². The first kappa shape index (κ1) is 13.6. The molecule has 19 heavy (non-hydrogen) atoms. The van der Waals surface area contributed by atoms with E-state index in [9.17, 15) is 4.39 Å². The molecule has 2 aromatic carbocycles. The van der Waals surface area contributed by atoms with Crippen LogP contribution in [0.2, 0.25) is 0 Å². The Kier molecular flexibility index (Phi) is 4.17. The predicted octanol–water partition coefficient (Wildman–Crippen LogP) is 3.39. The zero-order valence-electron chi connectivity index (χ0n) is 11.2. The summed E-state index contributed by atoms with van der Waals surface area (Å²) in [6.45, 7) is 1.93. The van der Waals surface area contributed by atoms with Crippen molar-refractivity contribution in [1.29, 1.82) is 0 Å². The summed E-state index contributed by atoms with van der Waals surface area (Å²) in [7, 11) is 1.62. The van der Waals surface area contributed by atoms with Gasteiger partial charge in [-0.15, -0.1) is 0 Å². The van der Waals surface area contributed by atoms with Crippen molar-refractivity contribution < 1.29 is 9.13 Å². The molecule has 0 bridgehead atoms. The first-order chi connectivity index (χ1) is 9.11. The molecule has 0 fully saturated rings. The molecule has 3 heteroatoms. The number of halogens is 1. The largest absolute Gasteiger partial charge is 0.496 e. The molecule has 0 heterocycles. The highest BCUT2D eigenvalue weighted by Gasteiger charge is 2.14. The summed E-state index contributed by atoms with van der Waals surface area (Å²) >= 11 is 0. The normalized spacial score (nSPS) is 12.2. The number of methoxy groups -OCH3 is 1. The van der Waals surface area contributed by atoms with E-state index in [4.69, 9.17) is 10.5 Å². The van der Waals surface area contributed by atoms with Crippen LogP contribution in [0.4, 0.5) is 4.39 Å². The monoisotopic (exact) mass is 259 g/mol. The standard InChI is InChI=1S/C16H18FNO/c1-11-7-8-14(17)13(9-11)15(18)10-12-5-3-4-6-16(12)19-2/h3-9,15H,10,18H2,1-2H3. The van der Waals surface area contributed by atoms with Crippen molar-refractivity contribution >= 4 is 0 Å². The fourth-order valence-corrected chi connectivity index (χ4v) is 2.17. The van der Waals surface area contributed by atoms with Crippen LogP contribution >= 0.6 is 0 Å². The van der Waals surface area contributed by atoms with Gasteiger partial charge in [0.05, 0.1) is 7.11 Å². The molecule has 0 spiro atoms. The summed E-state index contributed by atoms with van der Waals surface area (Å²) in [6.07, 6.45) is 0.546. The van der Waals surface area contributed by atoms with Crippen LogP contribution in [0.25, 0.3) is 0 Å². The van der Waals surface area contributed by atoms with E-state index in [1.807, 2.05) is 31.2 Å². The van der Waals surface area contributed by atoms with E-state index in [0.29, 0.717) is 12.0 Å². The Balaban J connectivity index is 2.25. The number of hydrogen-bond acceptors (Lipinski definition) is 2. The van der Waals surface area contributed by atoms with Crippen molar-refractivity contribution in [1.82, 2.24) is 0 Å². The molecule has 100 valence electrons. The van der Waals surface area contributed by atoms with Gasteiger partial charge < -0.3 is 10.5 Å². The fraction of sp³-hybridized carbons (Fsp3) is 0.250. The number of nitrogens with two attached hydrogens (primary N) is 1. The Morgan fingerprint density at radius 1 is 1.21 bits per heavy atom. The Labute approximate surface area is 113 Å². The molecule has 0 aliphatic heterocycles. The highest BCUT2D eigenvalue weighted by molar-refractivity contribution is 5.36. The maximum absolute atomic E-state index is 13.8. The SMILES string of the molecule is COc1ccccc1CC(N)c1cc(C)ccc1F. The maximum atomic E-state index is 13.8. The Hall–Kier alpha value is -1.87. The second-order valence-corrected chi connectivity index (χ2v) is 4.65. The highest BCUT2D eigenvalue weighted by Crippen LogP contribution is 2.25. The zero-order valence-corrected chi connectivity index (χ0v) is 11.2. The topological polar surface area (TPSA) is 35.2 Å². The van der Waals surface area contributed by atoms with Gasteiger partial charge in [-0.1, -0.05) is 35.9 Å². The molecular formula is C16H18FNO. The van der Waals surface area contributed by atoms with E-state index >= 15 is 0 Å². The molecule has 0 aromatic heterocycles. The van der Waals surface area contributed by atoms with Crippen LogP contribution in [0.5, 0.6) is 5.75 Å². The number of para-hydroxylation sites is 1. The predicted molar refractivity (Wildman–Crippen MR) is 74.8 cm³/mol. The number of hydrogen-bond donors (Lipinski definition) is 1. The lowest BCUT2D eigenvalue weighted by atomic mass is 9.97. The second kappa shape index (κ2) is 5.85. The van der Waals surface area contributed by atoms with E-state index in [2.05, 4.69) is 0 Å². The Morgan fingerprint density at radius 2 is 1.95 bits per heavy atom. The summed E-state index contributed by atoms with van der Waals surface area (Å²) in [5.41, 5.74) is 8.66. The van der Waals surface area contributed by atoms with Crippen molar-refractivity contribution in [3.63, 3.8) is 0 Å². The van der Waals surface area contributed by atoms with Crippen molar-refractivity contribution in [2.24, 2.45) is 5.73 Å². The lowest BCUT2D eigenvalue weighted by molar-refractivity contribution is 0.408. The quantitative estimate of drug-likeness (QED) is 0.913. The van der Waals surface area contributed by atoms with Gasteiger partial charge in [0, 0.05) is 11.6 Å².